The third kappa shape index (κ3) is 3.52. The first-order valence-corrected chi connectivity index (χ1v) is 7.60. The number of halogens is 1. The van der Waals surface area contributed by atoms with Gasteiger partial charge >= 0.3 is 0 Å². The molecule has 1 amide bonds. The average Bonchev–Trinajstić information content (AvgIpc) is 2.84. The van der Waals surface area contributed by atoms with Gasteiger partial charge in [0.15, 0.2) is 0 Å². The van der Waals surface area contributed by atoms with Crippen molar-refractivity contribution in [2.45, 2.75) is 45.4 Å². The number of fused-ring (bicyclic) bond motifs is 1. The van der Waals surface area contributed by atoms with Gasteiger partial charge < -0.3 is 10.1 Å². The summed E-state index contributed by atoms with van der Waals surface area (Å²) in [5.74, 6) is 0.114. The normalized spacial score (nSPS) is 18.9. The Bertz CT molecular complexity index is 739. The van der Waals surface area contributed by atoms with Crippen LogP contribution in [0.25, 0.3) is 0 Å². The van der Waals surface area contributed by atoms with Crippen LogP contribution in [-0.4, -0.2) is 21.3 Å². The molecule has 1 aliphatic rings. The second-order valence-corrected chi connectivity index (χ2v) is 6.52. The molecule has 122 valence electrons. The molecule has 0 radical (unpaired) electrons. The van der Waals surface area contributed by atoms with E-state index in [1.165, 1.54) is 12.1 Å². The molecule has 6 heteroatoms. The Morgan fingerprint density at radius 2 is 2.26 bits per heavy atom. The molecule has 1 aliphatic heterocycles. The van der Waals surface area contributed by atoms with E-state index in [0.29, 0.717) is 17.7 Å². The quantitative estimate of drug-likeness (QED) is 0.947. The van der Waals surface area contributed by atoms with E-state index in [1.54, 1.807) is 16.9 Å². The molecule has 1 aromatic heterocycles. The van der Waals surface area contributed by atoms with Crippen molar-refractivity contribution in [1.29, 1.82) is 0 Å². The second-order valence-electron chi connectivity index (χ2n) is 6.52. The lowest BCUT2D eigenvalue weighted by Gasteiger charge is -2.37. The summed E-state index contributed by atoms with van der Waals surface area (Å²) in [5.41, 5.74) is 1.11. The number of hydrogen-bond acceptors (Lipinski definition) is 3. The van der Waals surface area contributed by atoms with Crippen molar-refractivity contribution in [3.8, 4) is 5.75 Å². The summed E-state index contributed by atoms with van der Waals surface area (Å²) in [6.07, 6.45) is 2.34. The largest absolute Gasteiger partial charge is 0.487 e. The van der Waals surface area contributed by atoms with E-state index >= 15 is 0 Å². The molecule has 2 aromatic rings. The molecular weight excluding hydrogens is 297 g/mol. The second kappa shape index (κ2) is 5.68. The first-order valence-electron chi connectivity index (χ1n) is 7.60. The topological polar surface area (TPSA) is 56.2 Å². The minimum Gasteiger partial charge on any atom is -0.487 e. The van der Waals surface area contributed by atoms with Gasteiger partial charge in [-0.3, -0.25) is 9.48 Å². The van der Waals surface area contributed by atoms with Crippen molar-refractivity contribution < 1.29 is 13.9 Å². The molecule has 0 saturated carbocycles. The van der Waals surface area contributed by atoms with E-state index in [0.717, 1.165) is 5.69 Å². The van der Waals surface area contributed by atoms with Crippen molar-refractivity contribution in [3.63, 3.8) is 0 Å². The van der Waals surface area contributed by atoms with Gasteiger partial charge in [-0.05, 0) is 45.0 Å². The number of aryl methyl sites for hydroxylation is 1. The van der Waals surface area contributed by atoms with Crippen LogP contribution in [0.15, 0.2) is 30.5 Å². The number of ether oxygens (including phenoxy) is 1. The van der Waals surface area contributed by atoms with E-state index in [4.69, 9.17) is 4.74 Å². The predicted octanol–water partition coefficient (Wildman–Crippen LogP) is 2.75. The maximum atomic E-state index is 13.6. The maximum absolute atomic E-state index is 13.6. The van der Waals surface area contributed by atoms with Crippen LogP contribution in [0.5, 0.6) is 5.75 Å². The van der Waals surface area contributed by atoms with Crippen LogP contribution in [0.4, 0.5) is 4.39 Å². The van der Waals surface area contributed by atoms with E-state index in [-0.39, 0.29) is 24.3 Å². The Morgan fingerprint density at radius 1 is 1.48 bits per heavy atom. The maximum Gasteiger partial charge on any atom is 0.242 e. The van der Waals surface area contributed by atoms with Gasteiger partial charge in [0.05, 0.1) is 11.7 Å². The molecule has 2 heterocycles. The fourth-order valence-corrected chi connectivity index (χ4v) is 2.89. The molecule has 1 aromatic carbocycles. The summed E-state index contributed by atoms with van der Waals surface area (Å²) in [6.45, 7) is 5.91. The third-order valence-corrected chi connectivity index (χ3v) is 3.84. The van der Waals surface area contributed by atoms with Gasteiger partial charge in [0.1, 0.15) is 23.7 Å². The first kappa shape index (κ1) is 15.5. The van der Waals surface area contributed by atoms with E-state index in [2.05, 4.69) is 10.4 Å². The molecule has 1 N–H and O–H groups in total. The standard InChI is InChI=1S/C17H20FN3O2/c1-11-6-7-21(20-11)10-16(22)19-14-9-17(2,3)23-15-5-4-12(18)8-13(14)15/h4-8,14H,9-10H2,1-3H3,(H,19,22). The van der Waals surface area contributed by atoms with Gasteiger partial charge in [-0.2, -0.15) is 5.10 Å². The van der Waals surface area contributed by atoms with E-state index in [9.17, 15) is 9.18 Å². The van der Waals surface area contributed by atoms with E-state index in [1.807, 2.05) is 26.8 Å². The Hall–Kier alpha value is -2.37. The number of carbonyl (C=O) groups excluding carboxylic acids is 1. The van der Waals surface area contributed by atoms with Crippen LogP contribution in [-0.2, 0) is 11.3 Å². The zero-order valence-electron chi connectivity index (χ0n) is 13.5. The number of benzene rings is 1. The third-order valence-electron chi connectivity index (χ3n) is 3.84. The summed E-state index contributed by atoms with van der Waals surface area (Å²) in [5, 5.41) is 7.17. The van der Waals surface area contributed by atoms with Crippen molar-refractivity contribution in [2.24, 2.45) is 0 Å². The summed E-state index contributed by atoms with van der Waals surface area (Å²) in [6, 6.07) is 5.96. The van der Waals surface area contributed by atoms with Crippen LogP contribution in [0.1, 0.15) is 37.6 Å². The molecule has 0 fully saturated rings. The number of amides is 1. The van der Waals surface area contributed by atoms with Crippen molar-refractivity contribution in [2.75, 3.05) is 0 Å². The van der Waals surface area contributed by atoms with Gasteiger partial charge in [0.25, 0.3) is 0 Å². The van der Waals surface area contributed by atoms with Crippen LogP contribution in [0.3, 0.4) is 0 Å². The van der Waals surface area contributed by atoms with Crippen LogP contribution in [0.2, 0.25) is 0 Å². The lowest BCUT2D eigenvalue weighted by Crippen LogP contribution is -2.42. The first-order chi connectivity index (χ1) is 10.8. The van der Waals surface area contributed by atoms with Crippen molar-refractivity contribution in [3.05, 3.63) is 47.5 Å². The fraction of sp³-hybridized carbons (Fsp3) is 0.412. The Morgan fingerprint density at radius 3 is 2.96 bits per heavy atom. The molecule has 5 nitrogen and oxygen atoms in total. The molecule has 1 unspecified atom stereocenters. The minimum absolute atomic E-state index is 0.135. The summed E-state index contributed by atoms with van der Waals surface area (Å²) < 4.78 is 21.0. The monoisotopic (exact) mass is 317 g/mol. The SMILES string of the molecule is Cc1ccn(CC(=O)NC2CC(C)(C)Oc3ccc(F)cc32)n1. The number of carbonyl (C=O) groups is 1. The highest BCUT2D eigenvalue weighted by molar-refractivity contribution is 5.76. The molecule has 0 saturated heterocycles. The Kier molecular flexibility index (Phi) is 3.83. The minimum atomic E-state index is -0.426. The molecule has 0 bridgehead atoms. The predicted molar refractivity (Wildman–Crippen MR) is 83.6 cm³/mol. The fourth-order valence-electron chi connectivity index (χ4n) is 2.89. The summed E-state index contributed by atoms with van der Waals surface area (Å²) in [4.78, 5) is 12.3. The number of hydrogen-bond donors (Lipinski definition) is 1. The van der Waals surface area contributed by atoms with Gasteiger partial charge in [0.2, 0.25) is 5.91 Å². The van der Waals surface area contributed by atoms with Gasteiger partial charge in [-0.15, -0.1) is 0 Å². The summed E-state index contributed by atoms with van der Waals surface area (Å²) in [7, 11) is 0. The number of nitrogens with one attached hydrogen (secondary N) is 1. The van der Waals surface area contributed by atoms with Crippen molar-refractivity contribution >= 4 is 5.91 Å². The molecular formula is C17H20FN3O2. The highest BCUT2D eigenvalue weighted by Crippen LogP contribution is 2.39. The highest BCUT2D eigenvalue weighted by atomic mass is 19.1. The number of rotatable bonds is 3. The average molecular weight is 317 g/mol. The lowest BCUT2D eigenvalue weighted by atomic mass is 9.89. The zero-order valence-corrected chi connectivity index (χ0v) is 13.5. The molecule has 0 spiro atoms. The molecule has 1 atom stereocenters. The van der Waals surface area contributed by atoms with Crippen LogP contribution < -0.4 is 10.1 Å². The Labute approximate surface area is 134 Å². The number of aromatic nitrogens is 2. The molecule has 3 rings (SSSR count). The summed E-state index contributed by atoms with van der Waals surface area (Å²) >= 11 is 0. The number of nitrogens with zero attached hydrogens (tertiary/aromatic N) is 2. The highest BCUT2D eigenvalue weighted by Gasteiger charge is 2.34. The van der Waals surface area contributed by atoms with Gasteiger partial charge in [0, 0.05) is 18.2 Å². The molecule has 23 heavy (non-hydrogen) atoms. The smallest absolute Gasteiger partial charge is 0.242 e. The van der Waals surface area contributed by atoms with Crippen molar-refractivity contribution in [1.82, 2.24) is 15.1 Å². The van der Waals surface area contributed by atoms with Gasteiger partial charge in [-0.25, -0.2) is 4.39 Å². The van der Waals surface area contributed by atoms with E-state index < -0.39 is 5.60 Å². The lowest BCUT2D eigenvalue weighted by molar-refractivity contribution is -0.123. The van der Waals surface area contributed by atoms with Crippen LogP contribution >= 0.6 is 0 Å². The zero-order chi connectivity index (χ0) is 16.6. The Balaban J connectivity index is 1.79. The molecule has 0 aliphatic carbocycles. The van der Waals surface area contributed by atoms with Gasteiger partial charge in [-0.1, -0.05) is 0 Å². The van der Waals surface area contributed by atoms with Crippen LogP contribution in [0, 0.1) is 12.7 Å².